The summed E-state index contributed by atoms with van der Waals surface area (Å²) >= 11 is 1.57. The van der Waals surface area contributed by atoms with Crippen LogP contribution in [0.5, 0.6) is 0 Å². The number of nitrogens with one attached hydrogen (secondary N) is 1. The monoisotopic (exact) mass is 303 g/mol. The lowest BCUT2D eigenvalue weighted by Crippen LogP contribution is -2.30. The Hall–Kier alpha value is -1.05. The lowest BCUT2D eigenvalue weighted by atomic mass is 10.1. The number of aromatic carboxylic acids is 1. The van der Waals surface area contributed by atoms with Crippen LogP contribution in [0.2, 0.25) is 0 Å². The number of sulfonamides is 1. The van der Waals surface area contributed by atoms with Gasteiger partial charge in [-0.1, -0.05) is 19.1 Å². The van der Waals surface area contributed by atoms with Gasteiger partial charge in [-0.15, -0.1) is 0 Å². The fourth-order valence-electron chi connectivity index (χ4n) is 1.39. The fraction of sp³-hybridized carbons (Fsp3) is 0.417. The van der Waals surface area contributed by atoms with Gasteiger partial charge in [0.25, 0.3) is 0 Å². The first kappa shape index (κ1) is 16.0. The molecule has 1 aromatic carbocycles. The maximum Gasteiger partial charge on any atom is 0.335 e. The lowest BCUT2D eigenvalue weighted by Gasteiger charge is -2.10. The third kappa shape index (κ3) is 5.63. The van der Waals surface area contributed by atoms with E-state index in [9.17, 15) is 13.2 Å². The maximum atomic E-state index is 11.8. The number of benzene rings is 1. The minimum atomic E-state index is -3.44. The van der Waals surface area contributed by atoms with Crippen molar-refractivity contribution in [2.24, 2.45) is 0 Å². The highest BCUT2D eigenvalue weighted by molar-refractivity contribution is 7.99. The van der Waals surface area contributed by atoms with Crippen molar-refractivity contribution in [3.8, 4) is 0 Å². The van der Waals surface area contributed by atoms with Gasteiger partial charge < -0.3 is 5.11 Å². The average Bonchev–Trinajstić information content (AvgIpc) is 2.35. The highest BCUT2D eigenvalue weighted by atomic mass is 32.2. The van der Waals surface area contributed by atoms with Gasteiger partial charge in [0, 0.05) is 11.8 Å². The van der Waals surface area contributed by atoms with Crippen molar-refractivity contribution in [3.05, 3.63) is 35.4 Å². The Morgan fingerprint density at radius 3 is 2.74 bits per heavy atom. The molecular formula is C12H17NO4S2. The number of carboxylic acids is 1. The van der Waals surface area contributed by atoms with Crippen LogP contribution in [-0.2, 0) is 15.8 Å². The van der Waals surface area contributed by atoms with Crippen LogP contribution in [0.4, 0.5) is 0 Å². The molecule has 0 radical (unpaired) electrons. The Labute approximate surface area is 117 Å². The zero-order valence-electron chi connectivity index (χ0n) is 10.8. The topological polar surface area (TPSA) is 83.5 Å². The molecule has 19 heavy (non-hydrogen) atoms. The second-order valence-electron chi connectivity index (χ2n) is 4.16. The second-order valence-corrected chi connectivity index (χ2v) is 7.24. The van der Waals surface area contributed by atoms with Crippen LogP contribution in [0.1, 0.15) is 22.8 Å². The summed E-state index contributed by atoms with van der Waals surface area (Å²) in [7, 11) is -3.44. The zero-order valence-corrected chi connectivity index (χ0v) is 12.4. The number of hydrogen-bond acceptors (Lipinski definition) is 4. The molecule has 0 amide bonds. The van der Waals surface area contributed by atoms with E-state index < -0.39 is 16.0 Å². The van der Waals surface area contributed by atoms with Crippen molar-refractivity contribution in [1.82, 2.24) is 4.72 Å². The number of thioether (sulfide) groups is 1. The molecule has 2 N–H and O–H groups in total. The predicted molar refractivity (Wildman–Crippen MR) is 77.0 cm³/mol. The van der Waals surface area contributed by atoms with Crippen molar-refractivity contribution < 1.29 is 18.3 Å². The Balaban J connectivity index is 2.72. The summed E-state index contributed by atoms with van der Waals surface area (Å²) in [5.74, 6) is -1.28. The van der Waals surface area contributed by atoms with E-state index in [1.165, 1.54) is 12.1 Å². The maximum absolute atomic E-state index is 11.8. The molecule has 0 bridgehead atoms. The number of rotatable bonds is 7. The molecule has 0 saturated carbocycles. The van der Waals surface area contributed by atoms with Gasteiger partial charge in [0.15, 0.2) is 0 Å². The van der Waals surface area contributed by atoms with E-state index in [0.717, 1.165) is 0 Å². The molecule has 1 unspecified atom stereocenters. The van der Waals surface area contributed by atoms with Crippen LogP contribution >= 0.6 is 11.8 Å². The molecule has 5 nitrogen and oxygen atoms in total. The van der Waals surface area contributed by atoms with Crippen molar-refractivity contribution in [3.63, 3.8) is 0 Å². The fourth-order valence-corrected chi connectivity index (χ4v) is 2.97. The molecule has 0 aliphatic heterocycles. The predicted octanol–water partition coefficient (Wildman–Crippen LogP) is 1.56. The number of carbonyl (C=O) groups is 1. The molecule has 7 heteroatoms. The van der Waals surface area contributed by atoms with Crippen LogP contribution in [0.25, 0.3) is 0 Å². The summed E-state index contributed by atoms with van der Waals surface area (Å²) < 4.78 is 26.2. The normalized spacial score (nSPS) is 13.2. The number of hydrogen-bond donors (Lipinski definition) is 2. The SMILES string of the molecule is CSC(C)CNS(=O)(=O)Cc1cccc(C(=O)O)c1. The highest BCUT2D eigenvalue weighted by Crippen LogP contribution is 2.10. The third-order valence-electron chi connectivity index (χ3n) is 2.52. The van der Waals surface area contributed by atoms with Crippen molar-refractivity contribution in [1.29, 1.82) is 0 Å². The largest absolute Gasteiger partial charge is 0.478 e. The Morgan fingerprint density at radius 1 is 1.47 bits per heavy atom. The van der Waals surface area contributed by atoms with Crippen LogP contribution < -0.4 is 4.72 Å². The standard InChI is InChI=1S/C12H17NO4S2/c1-9(18-2)7-13-19(16,17)8-10-4-3-5-11(6-10)12(14)15/h3-6,9,13H,7-8H2,1-2H3,(H,14,15). The Morgan fingerprint density at radius 2 is 2.16 bits per heavy atom. The van der Waals surface area contributed by atoms with Crippen molar-refractivity contribution in [2.75, 3.05) is 12.8 Å². The van der Waals surface area contributed by atoms with E-state index in [0.29, 0.717) is 12.1 Å². The molecule has 0 saturated heterocycles. The molecule has 0 fully saturated rings. The molecule has 0 spiro atoms. The van der Waals surface area contributed by atoms with Gasteiger partial charge in [0.1, 0.15) is 0 Å². The zero-order chi connectivity index (χ0) is 14.5. The van der Waals surface area contributed by atoms with Crippen LogP contribution in [0, 0.1) is 0 Å². The summed E-state index contributed by atoms with van der Waals surface area (Å²) in [6, 6.07) is 5.95. The summed E-state index contributed by atoms with van der Waals surface area (Å²) in [5.41, 5.74) is 0.550. The van der Waals surface area contributed by atoms with Gasteiger partial charge in [-0.05, 0) is 24.0 Å². The van der Waals surface area contributed by atoms with Crippen molar-refractivity contribution >= 4 is 27.8 Å². The van der Waals surface area contributed by atoms with E-state index in [1.807, 2.05) is 13.2 Å². The highest BCUT2D eigenvalue weighted by Gasteiger charge is 2.14. The molecule has 1 atom stereocenters. The van der Waals surface area contributed by atoms with Crippen LogP contribution in [-0.4, -0.2) is 37.5 Å². The van der Waals surface area contributed by atoms with E-state index >= 15 is 0 Å². The smallest absolute Gasteiger partial charge is 0.335 e. The quantitative estimate of drug-likeness (QED) is 0.798. The molecule has 106 valence electrons. The van der Waals surface area contributed by atoms with E-state index in [-0.39, 0.29) is 16.6 Å². The molecule has 0 aliphatic carbocycles. The van der Waals surface area contributed by atoms with Gasteiger partial charge in [0.05, 0.1) is 11.3 Å². The minimum Gasteiger partial charge on any atom is -0.478 e. The minimum absolute atomic E-state index is 0.0881. The number of carboxylic acid groups (broad SMARTS) is 1. The van der Waals surface area contributed by atoms with Crippen LogP contribution in [0.3, 0.4) is 0 Å². The van der Waals surface area contributed by atoms with E-state index in [2.05, 4.69) is 4.72 Å². The van der Waals surface area contributed by atoms with Crippen molar-refractivity contribution in [2.45, 2.75) is 17.9 Å². The first-order chi connectivity index (χ1) is 8.84. The summed E-state index contributed by atoms with van der Waals surface area (Å²) in [6.45, 7) is 2.29. The molecule has 1 aromatic rings. The summed E-state index contributed by atoms with van der Waals surface area (Å²) in [6.07, 6.45) is 1.91. The first-order valence-electron chi connectivity index (χ1n) is 5.66. The van der Waals surface area contributed by atoms with Gasteiger partial charge >= 0.3 is 5.97 Å². The van der Waals surface area contributed by atoms with Gasteiger partial charge in [-0.25, -0.2) is 17.9 Å². The van der Waals surface area contributed by atoms with Gasteiger partial charge in [-0.3, -0.25) is 0 Å². The summed E-state index contributed by atoms with van der Waals surface area (Å²) in [4.78, 5) is 10.8. The second kappa shape index (κ2) is 6.93. The van der Waals surface area contributed by atoms with E-state index in [1.54, 1.807) is 23.9 Å². The average molecular weight is 303 g/mol. The van der Waals surface area contributed by atoms with Gasteiger partial charge in [0.2, 0.25) is 10.0 Å². The Kier molecular flexibility index (Phi) is 5.84. The summed E-state index contributed by atoms with van der Waals surface area (Å²) in [5, 5.41) is 9.04. The Bertz CT molecular complexity index is 542. The van der Waals surface area contributed by atoms with Gasteiger partial charge in [-0.2, -0.15) is 11.8 Å². The molecular weight excluding hydrogens is 286 g/mol. The van der Waals surface area contributed by atoms with E-state index in [4.69, 9.17) is 5.11 Å². The third-order valence-corrected chi connectivity index (χ3v) is 4.81. The molecule has 0 heterocycles. The van der Waals surface area contributed by atoms with Crippen LogP contribution in [0.15, 0.2) is 24.3 Å². The molecule has 0 aromatic heterocycles. The first-order valence-corrected chi connectivity index (χ1v) is 8.60. The molecule has 1 rings (SSSR count). The lowest BCUT2D eigenvalue weighted by molar-refractivity contribution is 0.0696. The molecule has 0 aliphatic rings.